The Bertz CT molecular complexity index is 1340. The van der Waals surface area contributed by atoms with Crippen molar-refractivity contribution in [2.75, 3.05) is 11.6 Å². The first kappa shape index (κ1) is 26.0. The van der Waals surface area contributed by atoms with Crippen LogP contribution in [-0.4, -0.2) is 23.6 Å². The number of amides is 1. The number of carbonyl (C=O) groups is 1. The monoisotopic (exact) mass is 498 g/mol. The Kier molecular flexibility index (Phi) is 8.25. The molecule has 0 aliphatic rings. The topological polar surface area (TPSA) is 89.7 Å². The van der Waals surface area contributed by atoms with Gasteiger partial charge in [-0.2, -0.15) is 0 Å². The third-order valence-corrected chi connectivity index (χ3v) is 6.05. The van der Waals surface area contributed by atoms with E-state index in [1.807, 2.05) is 100 Å². The van der Waals surface area contributed by atoms with Crippen molar-refractivity contribution in [2.24, 2.45) is 5.84 Å². The van der Waals surface area contributed by atoms with E-state index < -0.39 is 6.04 Å². The van der Waals surface area contributed by atoms with Gasteiger partial charge in [-0.1, -0.05) is 42.5 Å². The number of pyridine rings is 1. The van der Waals surface area contributed by atoms with Gasteiger partial charge in [0.15, 0.2) is 11.5 Å². The average molecular weight is 499 g/mol. The van der Waals surface area contributed by atoms with Crippen LogP contribution in [0.3, 0.4) is 0 Å². The van der Waals surface area contributed by atoms with Crippen LogP contribution in [0.1, 0.15) is 50.9 Å². The fourth-order valence-corrected chi connectivity index (χ4v) is 4.25. The Hall–Kier alpha value is -4.10. The smallest absolute Gasteiger partial charge is 0.249 e. The summed E-state index contributed by atoms with van der Waals surface area (Å²) >= 11 is 0. The lowest BCUT2D eigenvalue weighted by molar-refractivity contribution is -0.123. The largest absolute Gasteiger partial charge is 0.490 e. The van der Waals surface area contributed by atoms with Crippen molar-refractivity contribution in [1.82, 2.24) is 10.3 Å². The summed E-state index contributed by atoms with van der Waals surface area (Å²) in [4.78, 5) is 18.0. The quantitative estimate of drug-likeness (QED) is 0.215. The van der Waals surface area contributed by atoms with Crippen LogP contribution in [0.2, 0.25) is 0 Å². The molecule has 1 unspecified atom stereocenters. The van der Waals surface area contributed by atoms with E-state index in [-0.39, 0.29) is 18.1 Å². The zero-order valence-corrected chi connectivity index (χ0v) is 21.7. The molecule has 0 aliphatic heterocycles. The maximum atomic E-state index is 13.8. The minimum absolute atomic E-state index is 0.0195. The normalized spacial score (nSPS) is 12.7. The summed E-state index contributed by atoms with van der Waals surface area (Å²) < 4.78 is 11.8. The van der Waals surface area contributed by atoms with Gasteiger partial charge in [0.25, 0.3) is 0 Å². The first-order valence-electron chi connectivity index (χ1n) is 12.5. The number of benzene rings is 3. The van der Waals surface area contributed by atoms with Crippen LogP contribution in [0.15, 0.2) is 85.2 Å². The van der Waals surface area contributed by atoms with Crippen molar-refractivity contribution >= 4 is 22.4 Å². The van der Waals surface area contributed by atoms with Gasteiger partial charge in [0.05, 0.1) is 24.4 Å². The molecule has 3 aromatic carbocycles. The minimum atomic E-state index is -0.822. The van der Waals surface area contributed by atoms with Crippen molar-refractivity contribution in [2.45, 2.75) is 45.9 Å². The van der Waals surface area contributed by atoms with Crippen LogP contribution >= 0.6 is 0 Å². The number of nitrogens with one attached hydrogen (secondary N) is 1. The van der Waals surface area contributed by atoms with Gasteiger partial charge in [0.2, 0.25) is 5.91 Å². The lowest BCUT2D eigenvalue weighted by atomic mass is 10.0. The number of aromatic nitrogens is 1. The highest BCUT2D eigenvalue weighted by molar-refractivity contribution is 5.89. The number of fused-ring (bicyclic) bond motifs is 1. The zero-order chi connectivity index (χ0) is 26.4. The summed E-state index contributed by atoms with van der Waals surface area (Å²) in [6, 6.07) is 22.1. The van der Waals surface area contributed by atoms with Gasteiger partial charge in [0, 0.05) is 17.8 Å². The highest BCUT2D eigenvalue weighted by Gasteiger charge is 2.29. The molecule has 0 fully saturated rings. The highest BCUT2D eigenvalue weighted by Crippen LogP contribution is 2.35. The molecule has 1 heterocycles. The third-order valence-electron chi connectivity index (χ3n) is 6.05. The van der Waals surface area contributed by atoms with E-state index >= 15 is 0 Å². The number of rotatable bonds is 10. The van der Waals surface area contributed by atoms with Crippen molar-refractivity contribution in [1.29, 1.82) is 0 Å². The molecule has 1 aromatic heterocycles. The Balaban J connectivity index is 1.73. The van der Waals surface area contributed by atoms with Crippen LogP contribution in [-0.2, 0) is 4.79 Å². The number of hydrogen-bond donors (Lipinski definition) is 2. The van der Waals surface area contributed by atoms with Crippen molar-refractivity contribution < 1.29 is 14.3 Å². The molecule has 0 radical (unpaired) electrons. The van der Waals surface area contributed by atoms with Gasteiger partial charge in [-0.15, -0.1) is 0 Å². The van der Waals surface area contributed by atoms with Crippen molar-refractivity contribution in [3.05, 3.63) is 96.3 Å². The second-order valence-electron chi connectivity index (χ2n) is 9.16. The molecule has 7 nitrogen and oxygen atoms in total. The first-order chi connectivity index (χ1) is 17.9. The molecule has 192 valence electrons. The number of nitrogens with two attached hydrogens (primary N) is 1. The van der Waals surface area contributed by atoms with Gasteiger partial charge in [0.1, 0.15) is 6.04 Å². The number of nitrogens with zero attached hydrogens (tertiary/aromatic N) is 2. The second-order valence-corrected chi connectivity index (χ2v) is 9.16. The summed E-state index contributed by atoms with van der Waals surface area (Å²) in [7, 11) is 0. The summed E-state index contributed by atoms with van der Waals surface area (Å²) in [6.45, 7) is 8.25. The molecule has 7 heteroatoms. The Labute approximate surface area is 218 Å². The standard InChI is InChI=1S/C30H34N4O3/c1-5-36-28-18-24(12-14-27(28)37-20(2)3)29(30(35)33-21(4)22-9-7-6-8-10-22)34(31)26-13-11-25-19-32-16-15-23(25)17-26/h6-21,29H,5,31H2,1-4H3,(H,33,35)/t21-,29?/m0/s1. The number of anilines is 1. The van der Waals surface area contributed by atoms with Crippen molar-refractivity contribution in [3.8, 4) is 11.5 Å². The van der Waals surface area contributed by atoms with Gasteiger partial charge >= 0.3 is 0 Å². The highest BCUT2D eigenvalue weighted by atomic mass is 16.5. The number of ether oxygens (including phenoxy) is 2. The Morgan fingerprint density at radius 1 is 0.946 bits per heavy atom. The number of hydrazine groups is 1. The van der Waals surface area contributed by atoms with E-state index in [2.05, 4.69) is 10.3 Å². The SMILES string of the molecule is CCOc1cc(C(C(=O)N[C@@H](C)c2ccccc2)N(N)c2ccc3cnccc3c2)ccc1OC(C)C. The maximum Gasteiger partial charge on any atom is 0.249 e. The lowest BCUT2D eigenvalue weighted by Crippen LogP contribution is -2.45. The van der Waals surface area contributed by atoms with Gasteiger partial charge < -0.3 is 14.8 Å². The Morgan fingerprint density at radius 2 is 1.73 bits per heavy atom. The zero-order valence-electron chi connectivity index (χ0n) is 21.7. The molecular weight excluding hydrogens is 464 g/mol. The first-order valence-corrected chi connectivity index (χ1v) is 12.5. The molecule has 0 aliphatic carbocycles. The maximum absolute atomic E-state index is 13.8. The third kappa shape index (κ3) is 6.19. The van der Waals surface area contributed by atoms with Crippen LogP contribution in [0.25, 0.3) is 10.8 Å². The summed E-state index contributed by atoms with van der Waals surface area (Å²) in [5.74, 6) is 7.67. The predicted molar refractivity (Wildman–Crippen MR) is 148 cm³/mol. The van der Waals surface area contributed by atoms with Crippen molar-refractivity contribution in [3.63, 3.8) is 0 Å². The molecule has 0 spiro atoms. The van der Waals surface area contributed by atoms with E-state index in [1.165, 1.54) is 5.01 Å². The van der Waals surface area contributed by atoms with Gasteiger partial charge in [-0.05, 0) is 74.5 Å². The van der Waals surface area contributed by atoms with Crippen LogP contribution in [0, 0.1) is 0 Å². The summed E-state index contributed by atoms with van der Waals surface area (Å²) in [6.07, 6.45) is 3.52. The van der Waals surface area contributed by atoms with E-state index in [9.17, 15) is 4.79 Å². The molecule has 2 atom stereocenters. The van der Waals surface area contributed by atoms with Crippen LogP contribution < -0.4 is 25.6 Å². The minimum Gasteiger partial charge on any atom is -0.490 e. The summed E-state index contributed by atoms with van der Waals surface area (Å²) in [5, 5.41) is 6.61. The van der Waals surface area contributed by atoms with Gasteiger partial charge in [-0.25, -0.2) is 5.84 Å². The molecule has 4 rings (SSSR count). The van der Waals surface area contributed by atoms with E-state index in [1.54, 1.807) is 12.4 Å². The second kappa shape index (κ2) is 11.8. The fraction of sp³-hybridized carbons (Fsp3) is 0.267. The van der Waals surface area contributed by atoms with Crippen LogP contribution in [0.5, 0.6) is 11.5 Å². The molecule has 3 N–H and O–H groups in total. The lowest BCUT2D eigenvalue weighted by Gasteiger charge is -2.30. The summed E-state index contributed by atoms with van der Waals surface area (Å²) in [5.41, 5.74) is 2.40. The molecule has 0 saturated heterocycles. The van der Waals surface area contributed by atoms with E-state index in [0.29, 0.717) is 29.4 Å². The fourth-order valence-electron chi connectivity index (χ4n) is 4.25. The number of carbonyl (C=O) groups excluding carboxylic acids is 1. The van der Waals surface area contributed by atoms with E-state index in [0.717, 1.165) is 16.3 Å². The number of hydrogen-bond acceptors (Lipinski definition) is 6. The van der Waals surface area contributed by atoms with E-state index in [4.69, 9.17) is 15.3 Å². The predicted octanol–water partition coefficient (Wildman–Crippen LogP) is 5.72. The Morgan fingerprint density at radius 3 is 2.46 bits per heavy atom. The molecule has 0 bridgehead atoms. The van der Waals surface area contributed by atoms with Crippen LogP contribution in [0.4, 0.5) is 5.69 Å². The molecule has 0 saturated carbocycles. The molecule has 1 amide bonds. The molecule has 4 aromatic rings. The molecule has 37 heavy (non-hydrogen) atoms. The van der Waals surface area contributed by atoms with Gasteiger partial charge in [-0.3, -0.25) is 14.8 Å². The molecular formula is C30H34N4O3. The average Bonchev–Trinajstić information content (AvgIpc) is 2.90.